The lowest BCUT2D eigenvalue weighted by Gasteiger charge is -2.25. The van der Waals surface area contributed by atoms with Gasteiger partial charge in [0.05, 0.1) is 0 Å². The summed E-state index contributed by atoms with van der Waals surface area (Å²) in [5.41, 5.74) is 2.17. The highest BCUT2D eigenvalue weighted by Gasteiger charge is 2.33. The van der Waals surface area contributed by atoms with Crippen molar-refractivity contribution in [3.05, 3.63) is 36.4 Å². The van der Waals surface area contributed by atoms with Crippen LogP contribution in [0.25, 0.3) is 5.57 Å². The number of allylic oxidation sites excluding steroid dienone is 1. The number of benzene rings is 1. The number of rotatable bonds is 4. The smallest absolute Gasteiger partial charge is 0.369 e. The van der Waals surface area contributed by atoms with Gasteiger partial charge in [0.1, 0.15) is 0 Å². The summed E-state index contributed by atoms with van der Waals surface area (Å²) in [7, 11) is 1.16. The first-order chi connectivity index (χ1) is 7.05. The van der Waals surface area contributed by atoms with Crippen molar-refractivity contribution < 1.29 is 8.85 Å². The first kappa shape index (κ1) is 12.2. The van der Waals surface area contributed by atoms with E-state index in [-0.39, 0.29) is 0 Å². The zero-order chi connectivity index (χ0) is 11.5. The fourth-order valence-corrected chi connectivity index (χ4v) is 3.35. The fraction of sp³-hybridized carbons (Fsp3) is 0.333. The SMILES string of the molecule is C=C(C)c1ccccc1[Si](C)(OC)OC. The van der Waals surface area contributed by atoms with Crippen molar-refractivity contribution in [2.45, 2.75) is 13.5 Å². The van der Waals surface area contributed by atoms with Gasteiger partial charge in [-0.3, -0.25) is 0 Å². The number of hydrogen-bond donors (Lipinski definition) is 0. The Morgan fingerprint density at radius 3 is 2.20 bits per heavy atom. The average Bonchev–Trinajstić information content (AvgIpc) is 2.28. The van der Waals surface area contributed by atoms with Crippen LogP contribution >= 0.6 is 0 Å². The molecule has 0 bridgehead atoms. The predicted octanol–water partition coefficient (Wildman–Crippen LogP) is 2.29. The minimum absolute atomic E-state index is 1.04. The van der Waals surface area contributed by atoms with Gasteiger partial charge in [0, 0.05) is 19.4 Å². The fourth-order valence-electron chi connectivity index (χ4n) is 1.55. The summed E-state index contributed by atoms with van der Waals surface area (Å²) in [6.07, 6.45) is 0. The molecule has 2 nitrogen and oxygen atoms in total. The normalized spacial score (nSPS) is 11.5. The summed E-state index contributed by atoms with van der Waals surface area (Å²) in [6, 6.07) is 8.13. The zero-order valence-electron chi connectivity index (χ0n) is 9.83. The molecule has 0 heterocycles. The summed E-state index contributed by atoms with van der Waals surface area (Å²) in [4.78, 5) is 0. The molecule has 1 aromatic carbocycles. The zero-order valence-corrected chi connectivity index (χ0v) is 10.8. The molecule has 3 heteroatoms. The third kappa shape index (κ3) is 2.37. The summed E-state index contributed by atoms with van der Waals surface area (Å²) in [5, 5.41) is 1.14. The van der Waals surface area contributed by atoms with Gasteiger partial charge in [-0.2, -0.15) is 0 Å². The molecule has 0 aliphatic carbocycles. The van der Waals surface area contributed by atoms with Gasteiger partial charge in [-0.15, -0.1) is 0 Å². The van der Waals surface area contributed by atoms with E-state index < -0.39 is 8.56 Å². The molecular weight excluding hydrogens is 204 g/mol. The highest BCUT2D eigenvalue weighted by atomic mass is 28.4. The Hall–Kier alpha value is -0.903. The van der Waals surface area contributed by atoms with E-state index in [1.54, 1.807) is 14.2 Å². The molecule has 1 rings (SSSR count). The van der Waals surface area contributed by atoms with E-state index in [4.69, 9.17) is 8.85 Å². The van der Waals surface area contributed by atoms with Crippen LogP contribution in [0.15, 0.2) is 30.8 Å². The van der Waals surface area contributed by atoms with Crippen molar-refractivity contribution in [1.82, 2.24) is 0 Å². The van der Waals surface area contributed by atoms with Crippen LogP contribution in [0.1, 0.15) is 12.5 Å². The van der Waals surface area contributed by atoms with Crippen LogP contribution in [0, 0.1) is 0 Å². The van der Waals surface area contributed by atoms with Gasteiger partial charge in [0.25, 0.3) is 0 Å². The van der Waals surface area contributed by atoms with Crippen LogP contribution < -0.4 is 5.19 Å². The average molecular weight is 222 g/mol. The highest BCUT2D eigenvalue weighted by Crippen LogP contribution is 2.14. The van der Waals surface area contributed by atoms with Gasteiger partial charge in [-0.05, 0) is 19.0 Å². The molecule has 0 fully saturated rings. The molecule has 0 aliphatic rings. The lowest BCUT2D eigenvalue weighted by molar-refractivity contribution is 0.265. The molecule has 0 saturated carbocycles. The minimum atomic E-state index is -2.24. The van der Waals surface area contributed by atoms with Crippen molar-refractivity contribution >= 4 is 19.3 Å². The van der Waals surface area contributed by atoms with Crippen molar-refractivity contribution in [3.8, 4) is 0 Å². The maximum atomic E-state index is 5.54. The van der Waals surface area contributed by atoms with E-state index >= 15 is 0 Å². The summed E-state index contributed by atoms with van der Waals surface area (Å²) in [6.45, 7) is 8.01. The molecule has 15 heavy (non-hydrogen) atoms. The Kier molecular flexibility index (Phi) is 3.85. The summed E-state index contributed by atoms with van der Waals surface area (Å²) >= 11 is 0. The predicted molar refractivity (Wildman–Crippen MR) is 66.4 cm³/mol. The lowest BCUT2D eigenvalue weighted by Crippen LogP contribution is -2.50. The maximum Gasteiger partial charge on any atom is 0.369 e. The standard InChI is InChI=1S/C12H18O2Si/c1-10(2)11-8-6-7-9-12(11)15(5,13-3)14-4/h6-9H,1H2,2-5H3. The summed E-state index contributed by atoms with van der Waals surface area (Å²) in [5.74, 6) is 0. The molecule has 0 atom stereocenters. The molecule has 0 amide bonds. The Morgan fingerprint density at radius 2 is 1.73 bits per heavy atom. The van der Waals surface area contributed by atoms with Crippen molar-refractivity contribution in [2.75, 3.05) is 14.2 Å². The van der Waals surface area contributed by atoms with Crippen LogP contribution in [-0.4, -0.2) is 22.8 Å². The Labute approximate surface area is 92.8 Å². The third-order valence-electron chi connectivity index (χ3n) is 2.66. The van der Waals surface area contributed by atoms with Gasteiger partial charge in [-0.1, -0.05) is 36.4 Å². The van der Waals surface area contributed by atoms with E-state index in [1.807, 2.05) is 25.6 Å². The van der Waals surface area contributed by atoms with E-state index in [0.29, 0.717) is 0 Å². The first-order valence-electron chi connectivity index (χ1n) is 4.91. The van der Waals surface area contributed by atoms with Crippen LogP contribution in [0.3, 0.4) is 0 Å². The van der Waals surface area contributed by atoms with Crippen LogP contribution in [-0.2, 0) is 8.85 Å². The third-order valence-corrected chi connectivity index (χ3v) is 5.63. The van der Waals surface area contributed by atoms with Crippen molar-refractivity contribution in [3.63, 3.8) is 0 Å². The van der Waals surface area contributed by atoms with Gasteiger partial charge < -0.3 is 8.85 Å². The van der Waals surface area contributed by atoms with Crippen LogP contribution in [0.2, 0.25) is 6.55 Å². The lowest BCUT2D eigenvalue weighted by atomic mass is 10.1. The molecule has 0 N–H and O–H groups in total. The number of hydrogen-bond acceptors (Lipinski definition) is 2. The van der Waals surface area contributed by atoms with Crippen LogP contribution in [0.4, 0.5) is 0 Å². The molecule has 82 valence electrons. The second-order valence-electron chi connectivity index (χ2n) is 3.68. The van der Waals surface area contributed by atoms with E-state index in [1.165, 1.54) is 0 Å². The minimum Gasteiger partial charge on any atom is -0.394 e. The Balaban J connectivity index is 3.29. The first-order valence-corrected chi connectivity index (χ1v) is 7.22. The molecule has 0 radical (unpaired) electrons. The topological polar surface area (TPSA) is 18.5 Å². The molecule has 0 unspecified atom stereocenters. The van der Waals surface area contributed by atoms with E-state index in [9.17, 15) is 0 Å². The molecule has 0 spiro atoms. The van der Waals surface area contributed by atoms with E-state index in [0.717, 1.165) is 16.3 Å². The van der Waals surface area contributed by atoms with Gasteiger partial charge in [0.2, 0.25) is 0 Å². The van der Waals surface area contributed by atoms with E-state index in [2.05, 4.69) is 18.7 Å². The summed E-state index contributed by atoms with van der Waals surface area (Å²) < 4.78 is 11.1. The maximum absolute atomic E-state index is 5.54. The van der Waals surface area contributed by atoms with Crippen LogP contribution in [0.5, 0.6) is 0 Å². The van der Waals surface area contributed by atoms with Gasteiger partial charge in [-0.25, -0.2) is 0 Å². The Bertz CT molecular complexity index is 356. The van der Waals surface area contributed by atoms with Crippen molar-refractivity contribution in [2.24, 2.45) is 0 Å². The largest absolute Gasteiger partial charge is 0.394 e. The molecule has 1 aromatic rings. The second kappa shape index (κ2) is 4.75. The molecular formula is C12H18O2Si. The van der Waals surface area contributed by atoms with Crippen molar-refractivity contribution in [1.29, 1.82) is 0 Å². The Morgan fingerprint density at radius 1 is 1.20 bits per heavy atom. The second-order valence-corrected chi connectivity index (χ2v) is 6.93. The van der Waals surface area contributed by atoms with Gasteiger partial charge in [0.15, 0.2) is 0 Å². The highest BCUT2D eigenvalue weighted by molar-refractivity contribution is 6.80. The molecule has 0 aromatic heterocycles. The van der Waals surface area contributed by atoms with Gasteiger partial charge >= 0.3 is 8.56 Å². The quantitative estimate of drug-likeness (QED) is 0.728. The monoisotopic (exact) mass is 222 g/mol. The molecule has 0 saturated heterocycles. The molecule has 0 aliphatic heterocycles.